The van der Waals surface area contributed by atoms with E-state index in [0.717, 1.165) is 18.8 Å². The summed E-state index contributed by atoms with van der Waals surface area (Å²) in [7, 11) is 1.79. The SMILES string of the molecule is C=C/C(=C\C=C(/C)Cl)Nc1cc(N(C)N=C)nc(NCCN2CCCC2)n1.CC. The van der Waals surface area contributed by atoms with Crippen LogP contribution in [0.25, 0.3) is 0 Å². The standard InChI is InChI=1S/C19H28ClN7.C2H6/c1-5-16(9-8-15(2)20)23-17-14-18(26(4)21-3)25-19(24-17)22-10-13-27-11-6-7-12-27;1-2/h5,8-9,14H,1,3,6-7,10-13H2,2,4H3,(H2,22,23,24,25);1-2H3/b15-8+,16-9+;. The Morgan fingerprint density at radius 3 is 2.59 bits per heavy atom. The van der Waals surface area contributed by atoms with Crippen molar-refractivity contribution in [2.45, 2.75) is 33.6 Å². The summed E-state index contributed by atoms with van der Waals surface area (Å²) < 4.78 is 0. The molecule has 160 valence electrons. The minimum absolute atomic E-state index is 0.539. The molecule has 1 aliphatic rings. The summed E-state index contributed by atoms with van der Waals surface area (Å²) in [6, 6.07) is 1.80. The number of allylic oxidation sites excluding steroid dienone is 4. The van der Waals surface area contributed by atoms with Gasteiger partial charge >= 0.3 is 0 Å². The van der Waals surface area contributed by atoms with Crippen molar-refractivity contribution in [3.63, 3.8) is 0 Å². The summed E-state index contributed by atoms with van der Waals surface area (Å²) in [5, 5.41) is 12.7. The lowest BCUT2D eigenvalue weighted by atomic mass is 10.3. The van der Waals surface area contributed by atoms with Crippen LogP contribution < -0.4 is 15.6 Å². The molecule has 1 aromatic heterocycles. The Balaban J connectivity index is 0.00000204. The Labute approximate surface area is 180 Å². The second-order valence-electron chi connectivity index (χ2n) is 6.28. The number of nitrogens with zero attached hydrogens (tertiary/aromatic N) is 5. The van der Waals surface area contributed by atoms with Gasteiger partial charge < -0.3 is 15.5 Å². The van der Waals surface area contributed by atoms with Crippen LogP contribution in [-0.4, -0.2) is 54.8 Å². The van der Waals surface area contributed by atoms with Crippen molar-refractivity contribution in [2.24, 2.45) is 5.10 Å². The van der Waals surface area contributed by atoms with E-state index in [1.807, 2.05) is 26.8 Å². The molecule has 0 atom stereocenters. The first-order valence-corrected chi connectivity index (χ1v) is 10.4. The first-order chi connectivity index (χ1) is 14.0. The number of aromatic nitrogens is 2. The summed E-state index contributed by atoms with van der Waals surface area (Å²) in [6.45, 7) is 17.3. The smallest absolute Gasteiger partial charge is 0.226 e. The van der Waals surface area contributed by atoms with Gasteiger partial charge in [-0.05, 0) is 51.1 Å². The number of hydrogen-bond acceptors (Lipinski definition) is 7. The normalized spacial score (nSPS) is 14.7. The fourth-order valence-corrected chi connectivity index (χ4v) is 2.72. The summed E-state index contributed by atoms with van der Waals surface area (Å²) >= 11 is 5.89. The van der Waals surface area contributed by atoms with Crippen LogP contribution in [0.2, 0.25) is 0 Å². The van der Waals surface area contributed by atoms with E-state index in [4.69, 9.17) is 11.6 Å². The maximum Gasteiger partial charge on any atom is 0.226 e. The van der Waals surface area contributed by atoms with Gasteiger partial charge in [-0.3, -0.25) is 5.01 Å². The predicted molar refractivity (Wildman–Crippen MR) is 127 cm³/mol. The van der Waals surface area contributed by atoms with Gasteiger partial charge in [-0.15, -0.1) is 0 Å². The van der Waals surface area contributed by atoms with Crippen molar-refractivity contribution >= 4 is 35.9 Å². The molecule has 1 saturated heterocycles. The number of hydrogen-bond donors (Lipinski definition) is 2. The van der Waals surface area contributed by atoms with Gasteiger partial charge in [0.25, 0.3) is 0 Å². The molecular weight excluding hydrogens is 386 g/mol. The zero-order chi connectivity index (χ0) is 21.6. The van der Waals surface area contributed by atoms with E-state index >= 15 is 0 Å². The first kappa shape index (κ1) is 24.7. The molecular formula is C21H34ClN7. The quantitative estimate of drug-likeness (QED) is 0.326. The van der Waals surface area contributed by atoms with Crippen LogP contribution in [0.3, 0.4) is 0 Å². The maximum atomic E-state index is 5.89. The molecule has 2 N–H and O–H groups in total. The average molecular weight is 420 g/mol. The average Bonchev–Trinajstić information content (AvgIpc) is 3.25. The Hall–Kier alpha value is -2.38. The van der Waals surface area contributed by atoms with E-state index < -0.39 is 0 Å². The highest BCUT2D eigenvalue weighted by Crippen LogP contribution is 2.19. The largest absolute Gasteiger partial charge is 0.353 e. The molecule has 7 nitrogen and oxygen atoms in total. The van der Waals surface area contributed by atoms with Crippen molar-refractivity contribution in [1.29, 1.82) is 0 Å². The number of likely N-dealkylation sites (tertiary alicyclic amines) is 1. The molecule has 2 rings (SSSR count). The van der Waals surface area contributed by atoms with Crippen molar-refractivity contribution in [2.75, 3.05) is 48.9 Å². The molecule has 1 aliphatic heterocycles. The van der Waals surface area contributed by atoms with E-state index in [1.165, 1.54) is 25.9 Å². The fourth-order valence-electron chi connectivity index (χ4n) is 2.66. The third kappa shape index (κ3) is 9.11. The zero-order valence-corrected chi connectivity index (χ0v) is 18.8. The highest BCUT2D eigenvalue weighted by Gasteiger charge is 2.12. The Morgan fingerprint density at radius 2 is 2.00 bits per heavy atom. The lowest BCUT2D eigenvalue weighted by Gasteiger charge is -2.17. The molecule has 0 spiro atoms. The molecule has 1 fully saturated rings. The Morgan fingerprint density at radius 1 is 1.31 bits per heavy atom. The van der Waals surface area contributed by atoms with Crippen molar-refractivity contribution in [3.05, 3.63) is 41.6 Å². The fraction of sp³-hybridized carbons (Fsp3) is 0.476. The van der Waals surface area contributed by atoms with Gasteiger partial charge in [0.05, 0.1) is 0 Å². The minimum atomic E-state index is 0.539. The van der Waals surface area contributed by atoms with E-state index in [1.54, 1.807) is 30.3 Å². The molecule has 8 heteroatoms. The van der Waals surface area contributed by atoms with Crippen molar-refractivity contribution in [1.82, 2.24) is 14.9 Å². The van der Waals surface area contributed by atoms with Crippen molar-refractivity contribution < 1.29 is 0 Å². The number of nitrogens with one attached hydrogen (secondary N) is 2. The van der Waals surface area contributed by atoms with Gasteiger partial charge in [0.1, 0.15) is 5.82 Å². The zero-order valence-electron chi connectivity index (χ0n) is 18.1. The van der Waals surface area contributed by atoms with Gasteiger partial charge in [-0.2, -0.15) is 15.1 Å². The molecule has 0 radical (unpaired) electrons. The van der Waals surface area contributed by atoms with Gasteiger partial charge in [0.2, 0.25) is 5.95 Å². The van der Waals surface area contributed by atoms with E-state index in [2.05, 4.69) is 43.9 Å². The topological polar surface area (TPSA) is 68.7 Å². The molecule has 0 amide bonds. The third-order valence-corrected chi connectivity index (χ3v) is 4.28. The van der Waals surface area contributed by atoms with E-state index in [9.17, 15) is 0 Å². The number of hydrazone groups is 1. The number of halogens is 1. The molecule has 0 bridgehead atoms. The monoisotopic (exact) mass is 419 g/mol. The Bertz CT molecular complexity index is 705. The maximum absolute atomic E-state index is 5.89. The van der Waals surface area contributed by atoms with Gasteiger partial charge in [0, 0.05) is 43.7 Å². The molecule has 0 aromatic carbocycles. The van der Waals surface area contributed by atoms with Crippen LogP contribution >= 0.6 is 11.6 Å². The van der Waals surface area contributed by atoms with Crippen LogP contribution in [0.5, 0.6) is 0 Å². The van der Waals surface area contributed by atoms with Gasteiger partial charge in [0.15, 0.2) is 5.82 Å². The molecule has 0 unspecified atom stereocenters. The van der Waals surface area contributed by atoms with Crippen LogP contribution in [0.1, 0.15) is 33.6 Å². The summed E-state index contributed by atoms with van der Waals surface area (Å²) in [5.41, 5.74) is 0.775. The summed E-state index contributed by atoms with van der Waals surface area (Å²) in [6.07, 6.45) is 7.90. The second kappa shape index (κ2) is 13.7. The molecule has 2 heterocycles. The van der Waals surface area contributed by atoms with Crippen LogP contribution in [0.15, 0.2) is 46.7 Å². The van der Waals surface area contributed by atoms with Crippen LogP contribution in [0, 0.1) is 0 Å². The lowest BCUT2D eigenvalue weighted by molar-refractivity contribution is 0.352. The predicted octanol–water partition coefficient (Wildman–Crippen LogP) is 4.69. The molecule has 0 aliphatic carbocycles. The minimum Gasteiger partial charge on any atom is -0.353 e. The van der Waals surface area contributed by atoms with E-state index in [0.29, 0.717) is 22.6 Å². The highest BCUT2D eigenvalue weighted by atomic mass is 35.5. The first-order valence-electron chi connectivity index (χ1n) is 10.0. The second-order valence-corrected chi connectivity index (χ2v) is 6.88. The number of rotatable bonds is 10. The highest BCUT2D eigenvalue weighted by molar-refractivity contribution is 6.29. The van der Waals surface area contributed by atoms with E-state index in [-0.39, 0.29) is 0 Å². The lowest BCUT2D eigenvalue weighted by Crippen LogP contribution is -2.26. The number of anilines is 3. The van der Waals surface area contributed by atoms with Crippen LogP contribution in [0.4, 0.5) is 17.6 Å². The molecule has 1 aromatic rings. The summed E-state index contributed by atoms with van der Waals surface area (Å²) in [4.78, 5) is 11.5. The molecule has 29 heavy (non-hydrogen) atoms. The van der Waals surface area contributed by atoms with Crippen LogP contribution in [-0.2, 0) is 0 Å². The third-order valence-electron chi connectivity index (χ3n) is 4.15. The Kier molecular flexibility index (Phi) is 11.7. The summed E-state index contributed by atoms with van der Waals surface area (Å²) in [5.74, 6) is 1.81. The van der Waals surface area contributed by atoms with Crippen molar-refractivity contribution in [3.8, 4) is 0 Å². The van der Waals surface area contributed by atoms with Gasteiger partial charge in [-0.1, -0.05) is 32.0 Å². The van der Waals surface area contributed by atoms with Gasteiger partial charge in [-0.25, -0.2) is 0 Å². The molecule has 0 saturated carbocycles.